The van der Waals surface area contributed by atoms with Crippen molar-refractivity contribution in [3.63, 3.8) is 0 Å². The minimum Gasteiger partial charge on any atom is -0.208 e. The van der Waals surface area contributed by atoms with E-state index < -0.39 is 10.0 Å². The topological polar surface area (TPSA) is 46.2 Å². The first-order chi connectivity index (χ1) is 10.4. The fourth-order valence-corrected chi connectivity index (χ4v) is 3.50. The van der Waals surface area contributed by atoms with E-state index in [9.17, 15) is 8.42 Å². The van der Waals surface area contributed by atoms with Crippen LogP contribution in [0.2, 0.25) is 0 Å². The number of hydrogen-bond donors (Lipinski definition) is 1. The lowest BCUT2D eigenvalue weighted by Gasteiger charge is -2.16. The van der Waals surface area contributed by atoms with Gasteiger partial charge in [0.1, 0.15) is 0 Å². The molecule has 1 atom stereocenters. The third kappa shape index (κ3) is 4.29. The Morgan fingerprint density at radius 1 is 1.09 bits per heavy atom. The van der Waals surface area contributed by atoms with Gasteiger partial charge < -0.3 is 0 Å². The minimum absolute atomic E-state index is 0.223. The molecule has 1 unspecified atom stereocenters. The van der Waals surface area contributed by atoms with Gasteiger partial charge in [0.25, 0.3) is 0 Å². The van der Waals surface area contributed by atoms with Gasteiger partial charge in [0, 0.05) is 6.04 Å². The van der Waals surface area contributed by atoms with Crippen molar-refractivity contribution in [2.45, 2.75) is 31.2 Å². The molecule has 2 aromatic carbocycles. The standard InChI is InChI=1S/C18H21NO2S/c1-14-9-11-18(12-10-14)22(20,21)19-16(3)13-15(2)17-7-5-4-6-8-17/h4-12,16,19H,2,13H2,1,3H3. The van der Waals surface area contributed by atoms with E-state index in [1.807, 2.05) is 44.2 Å². The van der Waals surface area contributed by atoms with Gasteiger partial charge in [-0.2, -0.15) is 0 Å². The number of nitrogens with one attached hydrogen (secondary N) is 1. The Balaban J connectivity index is 2.03. The molecule has 0 saturated heterocycles. The van der Waals surface area contributed by atoms with Crippen molar-refractivity contribution >= 4 is 15.6 Å². The average Bonchev–Trinajstić information content (AvgIpc) is 2.48. The Morgan fingerprint density at radius 2 is 1.68 bits per heavy atom. The van der Waals surface area contributed by atoms with Gasteiger partial charge in [-0.3, -0.25) is 0 Å². The van der Waals surface area contributed by atoms with Crippen LogP contribution in [0.5, 0.6) is 0 Å². The van der Waals surface area contributed by atoms with E-state index in [1.165, 1.54) is 0 Å². The zero-order chi connectivity index (χ0) is 16.2. The van der Waals surface area contributed by atoms with E-state index in [0.717, 1.165) is 16.7 Å². The summed E-state index contributed by atoms with van der Waals surface area (Å²) in [5, 5.41) is 0. The van der Waals surface area contributed by atoms with Crippen LogP contribution in [-0.4, -0.2) is 14.5 Å². The fraction of sp³-hybridized carbons (Fsp3) is 0.222. The number of aryl methyl sites for hydroxylation is 1. The van der Waals surface area contributed by atoms with Gasteiger partial charge in [0.15, 0.2) is 0 Å². The molecule has 1 N–H and O–H groups in total. The molecule has 0 aliphatic carbocycles. The first kappa shape index (κ1) is 16.5. The second-order valence-electron chi connectivity index (χ2n) is 5.51. The molecule has 0 aliphatic rings. The molecule has 22 heavy (non-hydrogen) atoms. The van der Waals surface area contributed by atoms with E-state index >= 15 is 0 Å². The van der Waals surface area contributed by atoms with Crippen molar-refractivity contribution in [1.82, 2.24) is 4.72 Å². The van der Waals surface area contributed by atoms with Gasteiger partial charge in [-0.1, -0.05) is 54.6 Å². The largest absolute Gasteiger partial charge is 0.240 e. The van der Waals surface area contributed by atoms with Gasteiger partial charge in [-0.05, 0) is 43.5 Å². The van der Waals surface area contributed by atoms with E-state index in [2.05, 4.69) is 11.3 Å². The highest BCUT2D eigenvalue weighted by molar-refractivity contribution is 7.89. The summed E-state index contributed by atoms with van der Waals surface area (Å²) >= 11 is 0. The summed E-state index contributed by atoms with van der Waals surface area (Å²) in [6.45, 7) is 7.82. The summed E-state index contributed by atoms with van der Waals surface area (Å²) in [4.78, 5) is 0.287. The van der Waals surface area contributed by atoms with E-state index in [1.54, 1.807) is 24.3 Å². The number of sulfonamides is 1. The molecule has 2 aromatic rings. The monoisotopic (exact) mass is 315 g/mol. The molecule has 4 heteroatoms. The minimum atomic E-state index is -3.50. The molecule has 0 aromatic heterocycles. The number of rotatable bonds is 6. The van der Waals surface area contributed by atoms with Gasteiger partial charge in [-0.25, -0.2) is 13.1 Å². The molecule has 0 fully saturated rings. The van der Waals surface area contributed by atoms with Gasteiger partial charge >= 0.3 is 0 Å². The Morgan fingerprint density at radius 3 is 2.27 bits per heavy atom. The number of benzene rings is 2. The van der Waals surface area contributed by atoms with Crippen LogP contribution in [0, 0.1) is 6.92 Å². The average molecular weight is 315 g/mol. The van der Waals surface area contributed by atoms with Crippen LogP contribution < -0.4 is 4.72 Å². The fourth-order valence-electron chi connectivity index (χ4n) is 2.25. The Hall–Kier alpha value is -1.91. The van der Waals surface area contributed by atoms with Crippen LogP contribution in [0.15, 0.2) is 66.1 Å². The van der Waals surface area contributed by atoms with Gasteiger partial charge in [0.05, 0.1) is 4.90 Å². The lowest BCUT2D eigenvalue weighted by molar-refractivity contribution is 0.563. The Bertz CT molecular complexity index is 734. The summed E-state index contributed by atoms with van der Waals surface area (Å²) in [5.74, 6) is 0. The zero-order valence-electron chi connectivity index (χ0n) is 12.9. The van der Waals surface area contributed by atoms with Crippen LogP contribution in [0.1, 0.15) is 24.5 Å². The summed E-state index contributed by atoms with van der Waals surface area (Å²) in [6, 6.07) is 16.4. The van der Waals surface area contributed by atoms with E-state index in [4.69, 9.17) is 0 Å². The second-order valence-corrected chi connectivity index (χ2v) is 7.22. The maximum absolute atomic E-state index is 12.3. The molecule has 0 spiro atoms. The highest BCUT2D eigenvalue weighted by Gasteiger charge is 2.17. The van der Waals surface area contributed by atoms with Gasteiger partial charge in [-0.15, -0.1) is 0 Å². The van der Waals surface area contributed by atoms with Crippen LogP contribution in [0.25, 0.3) is 5.57 Å². The molecule has 116 valence electrons. The quantitative estimate of drug-likeness (QED) is 0.882. The molecule has 0 radical (unpaired) electrons. The first-order valence-electron chi connectivity index (χ1n) is 7.21. The predicted molar refractivity (Wildman–Crippen MR) is 91.1 cm³/mol. The normalized spacial score (nSPS) is 12.8. The molecular formula is C18H21NO2S. The molecule has 0 saturated carbocycles. The molecule has 2 rings (SSSR count). The third-order valence-corrected chi connectivity index (χ3v) is 5.03. The van der Waals surface area contributed by atoms with Crippen molar-refractivity contribution < 1.29 is 8.42 Å². The van der Waals surface area contributed by atoms with Crippen molar-refractivity contribution in [1.29, 1.82) is 0 Å². The van der Waals surface area contributed by atoms with Crippen LogP contribution in [-0.2, 0) is 10.0 Å². The third-order valence-electron chi connectivity index (χ3n) is 3.42. The summed E-state index contributed by atoms with van der Waals surface area (Å²) in [6.07, 6.45) is 0.565. The predicted octanol–water partition coefficient (Wildman–Crippen LogP) is 3.77. The highest BCUT2D eigenvalue weighted by Crippen LogP contribution is 2.19. The highest BCUT2D eigenvalue weighted by atomic mass is 32.2. The second kappa shape index (κ2) is 6.90. The SMILES string of the molecule is C=C(CC(C)NS(=O)(=O)c1ccc(C)cc1)c1ccccc1. The first-order valence-corrected chi connectivity index (χ1v) is 8.69. The molecular weight excluding hydrogens is 294 g/mol. The summed E-state index contributed by atoms with van der Waals surface area (Å²) in [5.41, 5.74) is 2.98. The van der Waals surface area contributed by atoms with Gasteiger partial charge in [0.2, 0.25) is 10.0 Å². The lowest BCUT2D eigenvalue weighted by Crippen LogP contribution is -2.32. The van der Waals surface area contributed by atoms with Crippen LogP contribution in [0.4, 0.5) is 0 Å². The Labute approximate surface area is 132 Å². The Kier molecular flexibility index (Phi) is 5.16. The van der Waals surface area contributed by atoms with Crippen molar-refractivity contribution in [3.8, 4) is 0 Å². The number of hydrogen-bond acceptors (Lipinski definition) is 2. The lowest BCUT2D eigenvalue weighted by atomic mass is 10.0. The van der Waals surface area contributed by atoms with E-state index in [-0.39, 0.29) is 10.9 Å². The zero-order valence-corrected chi connectivity index (χ0v) is 13.7. The van der Waals surface area contributed by atoms with Crippen LogP contribution >= 0.6 is 0 Å². The summed E-state index contributed by atoms with van der Waals surface area (Å²) in [7, 11) is -3.50. The summed E-state index contributed by atoms with van der Waals surface area (Å²) < 4.78 is 27.4. The smallest absolute Gasteiger partial charge is 0.208 e. The molecule has 0 heterocycles. The molecule has 0 aliphatic heterocycles. The van der Waals surface area contributed by atoms with E-state index in [0.29, 0.717) is 6.42 Å². The van der Waals surface area contributed by atoms with Crippen molar-refractivity contribution in [3.05, 3.63) is 72.3 Å². The molecule has 0 amide bonds. The maximum atomic E-state index is 12.3. The van der Waals surface area contributed by atoms with Crippen LogP contribution in [0.3, 0.4) is 0 Å². The molecule has 0 bridgehead atoms. The van der Waals surface area contributed by atoms with Crippen molar-refractivity contribution in [2.24, 2.45) is 0 Å². The maximum Gasteiger partial charge on any atom is 0.240 e. The molecule has 3 nitrogen and oxygen atoms in total. The van der Waals surface area contributed by atoms with Crippen molar-refractivity contribution in [2.75, 3.05) is 0 Å².